The lowest BCUT2D eigenvalue weighted by molar-refractivity contribution is -0.0707. The van der Waals surface area contributed by atoms with Gasteiger partial charge in [0.15, 0.2) is 6.23 Å². The van der Waals surface area contributed by atoms with Crippen LogP contribution in [0.2, 0.25) is 0 Å². The summed E-state index contributed by atoms with van der Waals surface area (Å²) in [5, 5.41) is 19.6. The number of ether oxygens (including phenoxy) is 1. The van der Waals surface area contributed by atoms with E-state index in [9.17, 15) is 19.8 Å². The molecule has 5 atom stereocenters. The minimum Gasteiger partial charge on any atom is -0.390 e. The smallest absolute Gasteiger partial charge is 0.330 e. The Kier molecular flexibility index (Phi) is 2.81. The minimum absolute atomic E-state index is 0.246. The Balaban J connectivity index is 1.94. The molecule has 8 heteroatoms. The lowest BCUT2D eigenvalue weighted by Gasteiger charge is -2.19. The second-order valence-electron chi connectivity index (χ2n) is 4.36. The second-order valence-corrected chi connectivity index (χ2v) is 5.58. The molecule has 3 heterocycles. The molecule has 0 amide bonds. The maximum Gasteiger partial charge on any atom is 0.330 e. The van der Waals surface area contributed by atoms with Crippen LogP contribution in [0, 0.1) is 0 Å². The molecule has 3 rings (SSSR count). The van der Waals surface area contributed by atoms with Crippen molar-refractivity contribution in [1.29, 1.82) is 0 Å². The van der Waals surface area contributed by atoms with E-state index >= 15 is 0 Å². The average molecular weight is 272 g/mol. The van der Waals surface area contributed by atoms with E-state index in [-0.39, 0.29) is 5.25 Å². The van der Waals surface area contributed by atoms with E-state index in [1.807, 2.05) is 0 Å². The number of aliphatic hydroxyl groups is 2. The third-order valence-corrected chi connectivity index (χ3v) is 4.68. The van der Waals surface area contributed by atoms with Crippen LogP contribution in [0.25, 0.3) is 0 Å². The molecular formula is C10H12N2O5S. The number of H-pyrrole nitrogens is 1. The first-order valence-electron chi connectivity index (χ1n) is 5.52. The fourth-order valence-corrected chi connectivity index (χ4v) is 3.72. The van der Waals surface area contributed by atoms with Gasteiger partial charge in [-0.05, 0) is 0 Å². The van der Waals surface area contributed by atoms with Gasteiger partial charge in [-0.3, -0.25) is 14.3 Å². The molecule has 18 heavy (non-hydrogen) atoms. The number of aromatic nitrogens is 2. The highest BCUT2D eigenvalue weighted by Gasteiger charge is 2.51. The number of thioether (sulfide) groups is 1. The summed E-state index contributed by atoms with van der Waals surface area (Å²) in [6.45, 7) is 0. The number of hydrogen-bond donors (Lipinski definition) is 3. The monoisotopic (exact) mass is 272 g/mol. The van der Waals surface area contributed by atoms with Gasteiger partial charge in [-0.15, -0.1) is 0 Å². The summed E-state index contributed by atoms with van der Waals surface area (Å²) in [6.07, 6.45) is -1.59. The number of nitrogens with zero attached hydrogens (tertiary/aromatic N) is 1. The van der Waals surface area contributed by atoms with Gasteiger partial charge in [0.25, 0.3) is 5.56 Å². The third kappa shape index (κ3) is 1.72. The molecule has 0 aliphatic carbocycles. The molecule has 98 valence electrons. The Morgan fingerprint density at radius 3 is 2.89 bits per heavy atom. The maximum absolute atomic E-state index is 11.6. The van der Waals surface area contributed by atoms with Gasteiger partial charge < -0.3 is 14.9 Å². The van der Waals surface area contributed by atoms with Gasteiger partial charge in [-0.1, -0.05) is 0 Å². The molecule has 2 aliphatic heterocycles. The molecule has 2 aliphatic rings. The number of rotatable bonds is 1. The van der Waals surface area contributed by atoms with E-state index < -0.39 is 35.8 Å². The molecule has 0 saturated carbocycles. The van der Waals surface area contributed by atoms with Crippen molar-refractivity contribution in [3.63, 3.8) is 0 Å². The molecule has 1 aromatic heterocycles. The van der Waals surface area contributed by atoms with E-state index in [1.165, 1.54) is 24.0 Å². The summed E-state index contributed by atoms with van der Waals surface area (Å²) >= 11 is 1.42. The Bertz CT molecular complexity index is 570. The average Bonchev–Trinajstić information content (AvgIpc) is 2.82. The zero-order valence-corrected chi connectivity index (χ0v) is 10.0. The van der Waals surface area contributed by atoms with Crippen LogP contribution >= 0.6 is 11.8 Å². The fraction of sp³-hybridized carbons (Fsp3) is 0.600. The van der Waals surface area contributed by atoms with Crippen LogP contribution in [-0.4, -0.2) is 49.1 Å². The molecule has 0 radical (unpaired) electrons. The largest absolute Gasteiger partial charge is 0.390 e. The third-order valence-electron chi connectivity index (χ3n) is 3.21. The number of fused-ring (bicyclic) bond motifs is 1. The summed E-state index contributed by atoms with van der Waals surface area (Å²) in [6, 6.07) is 1.19. The van der Waals surface area contributed by atoms with Gasteiger partial charge in [-0.2, -0.15) is 11.8 Å². The van der Waals surface area contributed by atoms with Crippen molar-refractivity contribution in [3.05, 3.63) is 33.1 Å². The lowest BCUT2D eigenvalue weighted by Crippen LogP contribution is -2.36. The van der Waals surface area contributed by atoms with Crippen molar-refractivity contribution in [2.75, 3.05) is 5.75 Å². The highest BCUT2D eigenvalue weighted by Crippen LogP contribution is 2.42. The zero-order valence-electron chi connectivity index (χ0n) is 9.22. The van der Waals surface area contributed by atoms with Crippen molar-refractivity contribution in [3.8, 4) is 0 Å². The highest BCUT2D eigenvalue weighted by molar-refractivity contribution is 8.00. The molecule has 2 fully saturated rings. The number of aliphatic hydroxyl groups excluding tert-OH is 2. The van der Waals surface area contributed by atoms with E-state index in [4.69, 9.17) is 4.74 Å². The van der Waals surface area contributed by atoms with Crippen LogP contribution in [0.3, 0.4) is 0 Å². The Hall–Kier alpha value is -1.09. The zero-order chi connectivity index (χ0) is 12.9. The number of aromatic amines is 1. The molecular weight excluding hydrogens is 260 g/mol. The van der Waals surface area contributed by atoms with E-state index in [0.717, 1.165) is 4.57 Å². The molecule has 0 unspecified atom stereocenters. The Morgan fingerprint density at radius 2 is 2.22 bits per heavy atom. The first kappa shape index (κ1) is 12.0. The van der Waals surface area contributed by atoms with Gasteiger partial charge in [0.2, 0.25) is 0 Å². The summed E-state index contributed by atoms with van der Waals surface area (Å²) in [5.74, 6) is 0.514. The minimum atomic E-state index is -0.888. The quantitative estimate of drug-likeness (QED) is 0.561. The second kappa shape index (κ2) is 4.23. The Labute approximate surface area is 105 Å². The van der Waals surface area contributed by atoms with Crippen LogP contribution in [0.1, 0.15) is 6.23 Å². The van der Waals surface area contributed by atoms with Gasteiger partial charge >= 0.3 is 5.69 Å². The number of hydrogen-bond acceptors (Lipinski definition) is 6. The summed E-state index contributed by atoms with van der Waals surface area (Å²) in [5.41, 5.74) is -1.13. The summed E-state index contributed by atoms with van der Waals surface area (Å²) in [7, 11) is 0. The molecule has 7 nitrogen and oxygen atoms in total. The normalized spacial score (nSPS) is 38.9. The lowest BCUT2D eigenvalue weighted by atomic mass is 10.1. The predicted octanol–water partition coefficient (Wildman–Crippen LogP) is -1.73. The first-order valence-corrected chi connectivity index (χ1v) is 6.57. The van der Waals surface area contributed by atoms with Crippen molar-refractivity contribution in [2.24, 2.45) is 0 Å². The number of nitrogens with one attached hydrogen (secondary N) is 1. The van der Waals surface area contributed by atoms with Crippen molar-refractivity contribution in [2.45, 2.75) is 29.8 Å². The maximum atomic E-state index is 11.6. The van der Waals surface area contributed by atoms with Crippen molar-refractivity contribution < 1.29 is 14.9 Å². The van der Waals surface area contributed by atoms with Crippen LogP contribution in [0.5, 0.6) is 0 Å². The van der Waals surface area contributed by atoms with Gasteiger partial charge in [-0.25, -0.2) is 4.79 Å². The van der Waals surface area contributed by atoms with E-state index in [0.29, 0.717) is 5.75 Å². The first-order chi connectivity index (χ1) is 8.58. The standard InChI is InChI=1S/C10H12N2O5S/c13-4-3-18-8-6(15)9(17-7(4)8)12-2-1-5(14)11-10(12)16/h1-2,4,6-9,13,15H,3H2,(H,11,14,16)/t4-,6-,7-,8-,9-/m1/s1. The van der Waals surface area contributed by atoms with Crippen LogP contribution in [0.4, 0.5) is 0 Å². The fourth-order valence-electron chi connectivity index (χ4n) is 2.34. The van der Waals surface area contributed by atoms with Gasteiger partial charge in [0, 0.05) is 18.0 Å². The van der Waals surface area contributed by atoms with E-state index in [1.54, 1.807) is 0 Å². The highest BCUT2D eigenvalue weighted by atomic mass is 32.2. The predicted molar refractivity (Wildman–Crippen MR) is 63.5 cm³/mol. The van der Waals surface area contributed by atoms with Crippen molar-refractivity contribution in [1.82, 2.24) is 9.55 Å². The molecule has 0 aromatic carbocycles. The molecule has 1 aromatic rings. The molecule has 3 N–H and O–H groups in total. The van der Waals surface area contributed by atoms with Gasteiger partial charge in [0.1, 0.15) is 12.2 Å². The Morgan fingerprint density at radius 1 is 1.44 bits per heavy atom. The van der Waals surface area contributed by atoms with Crippen LogP contribution < -0.4 is 11.2 Å². The van der Waals surface area contributed by atoms with Crippen LogP contribution in [0.15, 0.2) is 21.9 Å². The van der Waals surface area contributed by atoms with Crippen LogP contribution in [-0.2, 0) is 4.74 Å². The SMILES string of the molecule is O=c1ccn([C@@H]2O[C@H]3[C@H](SC[C@H]3O)[C@H]2O)c(=O)[nH]1. The van der Waals surface area contributed by atoms with Crippen molar-refractivity contribution >= 4 is 11.8 Å². The molecule has 0 spiro atoms. The topological polar surface area (TPSA) is 105 Å². The van der Waals surface area contributed by atoms with Gasteiger partial charge in [0.05, 0.1) is 11.4 Å². The summed E-state index contributed by atoms with van der Waals surface area (Å²) in [4.78, 5) is 24.7. The summed E-state index contributed by atoms with van der Waals surface area (Å²) < 4.78 is 6.67. The van der Waals surface area contributed by atoms with E-state index in [2.05, 4.69) is 4.98 Å². The molecule has 2 saturated heterocycles. The molecule has 0 bridgehead atoms.